The van der Waals surface area contributed by atoms with E-state index in [9.17, 15) is 0 Å². The lowest BCUT2D eigenvalue weighted by molar-refractivity contribution is 0.141. The van der Waals surface area contributed by atoms with Crippen LogP contribution in [0.1, 0.15) is 73.8 Å². The molecule has 0 saturated heterocycles. The van der Waals surface area contributed by atoms with E-state index in [0.717, 1.165) is 24.8 Å². The Morgan fingerprint density at radius 3 is 2.33 bits per heavy atom. The second-order valence-electron chi connectivity index (χ2n) is 13.3. The fourth-order valence-electron chi connectivity index (χ4n) is 8.07. The Morgan fingerprint density at radius 1 is 0.825 bits per heavy atom. The van der Waals surface area contributed by atoms with Crippen LogP contribution in [0.3, 0.4) is 0 Å². The number of hydrogen-bond acceptors (Lipinski definition) is 0. The summed E-state index contributed by atoms with van der Waals surface area (Å²) in [5.41, 5.74) is 13.7. The van der Waals surface area contributed by atoms with Gasteiger partial charge >= 0.3 is 0 Å². The monoisotopic (exact) mass is 522 g/mol. The summed E-state index contributed by atoms with van der Waals surface area (Å²) in [6.07, 6.45) is 9.24. The van der Waals surface area contributed by atoms with Gasteiger partial charge in [-0.15, -0.1) is 0 Å². The summed E-state index contributed by atoms with van der Waals surface area (Å²) >= 11 is 0. The van der Waals surface area contributed by atoms with E-state index in [4.69, 9.17) is 13.2 Å². The SMILES string of the molecule is C=C(C)c1cccc(C2=CC=C(C3C(C(=C)c4ccccc4)c4ccccc4CC4CC(C)(C)CC(=C)C43)C2)c1. The summed E-state index contributed by atoms with van der Waals surface area (Å²) < 4.78 is 0. The predicted molar refractivity (Wildman–Crippen MR) is 173 cm³/mol. The predicted octanol–water partition coefficient (Wildman–Crippen LogP) is 10.7. The standard InChI is InChI=1S/C40H42/c1-26(2)30-16-12-17-31(21-30)32-19-20-34(22-32)39-37-27(3)24-40(5,6)25-35(37)23-33-15-10-11-18-36(33)38(39)28(4)29-13-8-7-9-14-29/h7-21,35,37-39H,1,3-4,22-25H2,2,5-6H3. The van der Waals surface area contributed by atoms with Crippen LogP contribution in [0, 0.1) is 23.2 Å². The van der Waals surface area contributed by atoms with Crippen LogP contribution in [0.5, 0.6) is 0 Å². The van der Waals surface area contributed by atoms with E-state index in [0.29, 0.717) is 17.8 Å². The normalized spacial score (nSPS) is 25.2. The second kappa shape index (κ2) is 10.4. The van der Waals surface area contributed by atoms with E-state index in [1.807, 2.05) is 0 Å². The summed E-state index contributed by atoms with van der Waals surface area (Å²) in [4.78, 5) is 0. The van der Waals surface area contributed by atoms with Crippen molar-refractivity contribution >= 4 is 16.7 Å². The first-order valence-corrected chi connectivity index (χ1v) is 14.9. The van der Waals surface area contributed by atoms with Crippen molar-refractivity contribution in [2.24, 2.45) is 23.2 Å². The quantitative estimate of drug-likeness (QED) is 0.292. The molecule has 4 atom stereocenters. The second-order valence-corrected chi connectivity index (χ2v) is 13.3. The molecule has 0 heteroatoms. The first-order valence-electron chi connectivity index (χ1n) is 14.9. The van der Waals surface area contributed by atoms with Gasteiger partial charge in [0.2, 0.25) is 0 Å². The Morgan fingerprint density at radius 2 is 1.55 bits per heavy atom. The largest absolute Gasteiger partial charge is 0.0995 e. The van der Waals surface area contributed by atoms with Gasteiger partial charge in [0, 0.05) is 5.92 Å². The molecule has 3 aliphatic rings. The van der Waals surface area contributed by atoms with Gasteiger partial charge in [-0.3, -0.25) is 0 Å². The number of allylic oxidation sites excluding steroid dienone is 7. The molecular formula is C40H42. The third-order valence-corrected chi connectivity index (χ3v) is 9.69. The Balaban J connectivity index is 1.47. The van der Waals surface area contributed by atoms with E-state index in [-0.39, 0.29) is 11.3 Å². The lowest BCUT2D eigenvalue weighted by atomic mass is 9.57. The molecule has 202 valence electrons. The number of hydrogen-bond donors (Lipinski definition) is 0. The molecular weight excluding hydrogens is 480 g/mol. The molecule has 0 aromatic heterocycles. The van der Waals surface area contributed by atoms with E-state index >= 15 is 0 Å². The van der Waals surface area contributed by atoms with Crippen molar-refractivity contribution in [1.29, 1.82) is 0 Å². The molecule has 6 rings (SSSR count). The van der Waals surface area contributed by atoms with Crippen molar-refractivity contribution in [3.63, 3.8) is 0 Å². The van der Waals surface area contributed by atoms with E-state index in [2.05, 4.69) is 118 Å². The lowest BCUT2D eigenvalue weighted by Gasteiger charge is -2.47. The summed E-state index contributed by atoms with van der Waals surface area (Å²) in [5.74, 6) is 1.56. The van der Waals surface area contributed by atoms with E-state index < -0.39 is 0 Å². The van der Waals surface area contributed by atoms with Crippen LogP contribution in [0.25, 0.3) is 16.7 Å². The minimum Gasteiger partial charge on any atom is -0.0995 e. The van der Waals surface area contributed by atoms with Crippen LogP contribution in [0.4, 0.5) is 0 Å². The maximum atomic E-state index is 4.83. The Bertz CT molecular complexity index is 1540. The fraction of sp³-hybridized carbons (Fsp3) is 0.300. The highest BCUT2D eigenvalue weighted by Gasteiger charge is 2.48. The minimum atomic E-state index is 0.215. The van der Waals surface area contributed by atoms with Crippen molar-refractivity contribution in [1.82, 2.24) is 0 Å². The van der Waals surface area contributed by atoms with Gasteiger partial charge in [-0.05, 0) is 101 Å². The molecule has 3 aromatic carbocycles. The van der Waals surface area contributed by atoms with Gasteiger partial charge in [0.1, 0.15) is 0 Å². The van der Waals surface area contributed by atoms with Gasteiger partial charge < -0.3 is 0 Å². The van der Waals surface area contributed by atoms with Gasteiger partial charge in [0.15, 0.2) is 0 Å². The molecule has 3 aliphatic carbocycles. The third-order valence-electron chi connectivity index (χ3n) is 9.69. The summed E-state index contributed by atoms with van der Waals surface area (Å²) in [6, 6.07) is 29.0. The van der Waals surface area contributed by atoms with Gasteiger partial charge in [-0.1, -0.05) is 135 Å². The molecule has 0 aliphatic heterocycles. The maximum absolute atomic E-state index is 4.83. The van der Waals surface area contributed by atoms with Gasteiger partial charge in [0.05, 0.1) is 0 Å². The Hall–Kier alpha value is -3.64. The van der Waals surface area contributed by atoms with Crippen LogP contribution >= 0.6 is 0 Å². The molecule has 0 heterocycles. The Labute approximate surface area is 241 Å². The molecule has 0 bridgehead atoms. The summed E-state index contributed by atoms with van der Waals surface area (Å²) in [7, 11) is 0. The van der Waals surface area contributed by atoms with Crippen LogP contribution in [-0.2, 0) is 6.42 Å². The smallest absolute Gasteiger partial charge is 0.0164 e. The zero-order valence-corrected chi connectivity index (χ0v) is 24.4. The zero-order chi connectivity index (χ0) is 28.0. The molecule has 0 amide bonds. The average Bonchev–Trinajstić information content (AvgIpc) is 3.37. The van der Waals surface area contributed by atoms with Crippen molar-refractivity contribution in [2.45, 2.75) is 52.4 Å². The molecule has 0 N–H and O–H groups in total. The molecule has 1 saturated carbocycles. The third kappa shape index (κ3) is 4.90. The van der Waals surface area contributed by atoms with Crippen molar-refractivity contribution in [2.75, 3.05) is 0 Å². The zero-order valence-electron chi connectivity index (χ0n) is 24.4. The maximum Gasteiger partial charge on any atom is 0.0164 e. The summed E-state index contributed by atoms with van der Waals surface area (Å²) in [6.45, 7) is 20.8. The first kappa shape index (κ1) is 26.6. The Kier molecular flexibility index (Phi) is 6.91. The van der Waals surface area contributed by atoms with E-state index in [1.165, 1.54) is 56.5 Å². The van der Waals surface area contributed by atoms with Crippen LogP contribution < -0.4 is 0 Å². The molecule has 4 unspecified atom stereocenters. The summed E-state index contributed by atoms with van der Waals surface area (Å²) in [5, 5.41) is 0. The van der Waals surface area contributed by atoms with Crippen molar-refractivity contribution in [3.8, 4) is 0 Å². The topological polar surface area (TPSA) is 0 Å². The van der Waals surface area contributed by atoms with Crippen LogP contribution in [0.15, 0.2) is 122 Å². The minimum absolute atomic E-state index is 0.215. The van der Waals surface area contributed by atoms with Gasteiger partial charge in [0.25, 0.3) is 0 Å². The van der Waals surface area contributed by atoms with Crippen LogP contribution in [-0.4, -0.2) is 0 Å². The van der Waals surface area contributed by atoms with Crippen LogP contribution in [0.2, 0.25) is 0 Å². The lowest BCUT2D eigenvalue weighted by Crippen LogP contribution is -2.38. The van der Waals surface area contributed by atoms with E-state index in [1.54, 1.807) is 0 Å². The number of benzene rings is 3. The highest BCUT2D eigenvalue weighted by molar-refractivity contribution is 5.77. The number of rotatable bonds is 5. The molecule has 3 aromatic rings. The number of fused-ring (bicyclic) bond motifs is 2. The molecule has 0 radical (unpaired) electrons. The first-order chi connectivity index (χ1) is 19.2. The highest BCUT2D eigenvalue weighted by atomic mass is 14.5. The average molecular weight is 523 g/mol. The molecule has 40 heavy (non-hydrogen) atoms. The van der Waals surface area contributed by atoms with Gasteiger partial charge in [-0.25, -0.2) is 0 Å². The van der Waals surface area contributed by atoms with Gasteiger partial charge in [-0.2, -0.15) is 0 Å². The molecule has 0 nitrogen and oxygen atoms in total. The fourth-order valence-corrected chi connectivity index (χ4v) is 8.07. The van der Waals surface area contributed by atoms with Crippen molar-refractivity contribution < 1.29 is 0 Å². The highest BCUT2D eigenvalue weighted by Crippen LogP contribution is 2.58. The molecule has 0 spiro atoms. The molecule has 1 fully saturated rings. The van der Waals surface area contributed by atoms with Crippen molar-refractivity contribution in [3.05, 3.63) is 150 Å².